The van der Waals surface area contributed by atoms with Gasteiger partial charge in [0.25, 0.3) is 0 Å². The molecule has 6 nitrogen and oxygen atoms in total. The summed E-state index contributed by atoms with van der Waals surface area (Å²) in [5, 5.41) is 15.0. The summed E-state index contributed by atoms with van der Waals surface area (Å²) in [7, 11) is 1.98. The van der Waals surface area contributed by atoms with E-state index in [0.29, 0.717) is 13.1 Å². The quantitative estimate of drug-likeness (QED) is 0.584. The molecule has 1 aliphatic carbocycles. The van der Waals surface area contributed by atoms with Gasteiger partial charge >= 0.3 is 0 Å². The van der Waals surface area contributed by atoms with Crippen molar-refractivity contribution in [1.29, 1.82) is 0 Å². The first-order chi connectivity index (χ1) is 14.5. The van der Waals surface area contributed by atoms with Crippen LogP contribution in [0.2, 0.25) is 0 Å². The van der Waals surface area contributed by atoms with Gasteiger partial charge in [0.05, 0.1) is 16.2 Å². The Balaban J connectivity index is 1.41. The van der Waals surface area contributed by atoms with Crippen molar-refractivity contribution < 1.29 is 5.11 Å². The normalized spacial score (nSPS) is 15.8. The molecule has 158 valence electrons. The van der Waals surface area contributed by atoms with E-state index in [4.69, 9.17) is 4.98 Å². The van der Waals surface area contributed by atoms with Gasteiger partial charge < -0.3 is 15.3 Å². The molecule has 1 saturated carbocycles. The summed E-state index contributed by atoms with van der Waals surface area (Å²) in [6.45, 7) is 3.35. The summed E-state index contributed by atoms with van der Waals surface area (Å²) in [6, 6.07) is 10.0. The van der Waals surface area contributed by atoms with Gasteiger partial charge in [-0.05, 0) is 49.6 Å². The highest BCUT2D eigenvalue weighted by atomic mass is 32.1. The summed E-state index contributed by atoms with van der Waals surface area (Å²) < 4.78 is 0. The van der Waals surface area contributed by atoms with Crippen LogP contribution in [0.4, 0.5) is 11.6 Å². The number of nitrogens with zero attached hydrogens (tertiary/aromatic N) is 4. The molecule has 7 heteroatoms. The number of thiazole rings is 1. The lowest BCUT2D eigenvalue weighted by molar-refractivity contribution is 0.00467. The summed E-state index contributed by atoms with van der Waals surface area (Å²) in [5.41, 5.74) is 1.52. The van der Waals surface area contributed by atoms with Crippen LogP contribution in [0.1, 0.15) is 42.7 Å². The summed E-state index contributed by atoms with van der Waals surface area (Å²) in [4.78, 5) is 16.8. The first-order valence-corrected chi connectivity index (χ1v) is 11.4. The molecule has 0 saturated heterocycles. The van der Waals surface area contributed by atoms with Gasteiger partial charge in [0, 0.05) is 32.5 Å². The number of anilines is 2. The number of hydrogen-bond donors (Lipinski definition) is 2. The van der Waals surface area contributed by atoms with Crippen LogP contribution in [-0.2, 0) is 6.54 Å². The number of nitrogens with one attached hydrogen (secondary N) is 1. The Morgan fingerprint density at radius 2 is 1.97 bits per heavy atom. The number of rotatable bonds is 7. The van der Waals surface area contributed by atoms with Gasteiger partial charge in [0.15, 0.2) is 0 Å². The smallest absolute Gasteiger partial charge is 0.134 e. The Hall–Kier alpha value is -2.35. The SMILES string of the molecule is Cc1ccnc(N(C)c2cccc(-c3cnc(CNCC4(O)CCCCC4)s3)n2)c1. The highest BCUT2D eigenvalue weighted by molar-refractivity contribution is 7.15. The first kappa shape index (κ1) is 20.9. The Bertz CT molecular complexity index is 983. The molecule has 0 atom stereocenters. The van der Waals surface area contributed by atoms with Crippen LogP contribution >= 0.6 is 11.3 Å². The molecular formula is C23H29N5OS. The average Bonchev–Trinajstić information content (AvgIpc) is 3.23. The molecule has 0 aliphatic heterocycles. The zero-order chi connectivity index (χ0) is 21.0. The molecule has 0 amide bonds. The lowest BCUT2D eigenvalue weighted by Crippen LogP contribution is -2.41. The maximum Gasteiger partial charge on any atom is 0.134 e. The van der Waals surface area contributed by atoms with E-state index in [1.54, 1.807) is 11.3 Å². The minimum absolute atomic E-state index is 0.553. The van der Waals surface area contributed by atoms with Crippen molar-refractivity contribution in [2.45, 2.75) is 51.2 Å². The van der Waals surface area contributed by atoms with E-state index in [1.807, 2.05) is 54.7 Å². The lowest BCUT2D eigenvalue weighted by Gasteiger charge is -2.32. The third-order valence-corrected chi connectivity index (χ3v) is 6.66. The lowest BCUT2D eigenvalue weighted by atomic mass is 9.85. The Labute approximate surface area is 182 Å². The fourth-order valence-electron chi connectivity index (χ4n) is 3.87. The van der Waals surface area contributed by atoms with E-state index < -0.39 is 5.60 Å². The molecule has 0 bridgehead atoms. The van der Waals surface area contributed by atoms with Crippen LogP contribution in [0, 0.1) is 6.92 Å². The second-order valence-corrected chi connectivity index (χ2v) is 9.25. The van der Waals surface area contributed by atoms with E-state index in [2.05, 4.69) is 22.2 Å². The van der Waals surface area contributed by atoms with Gasteiger partial charge in [0.2, 0.25) is 0 Å². The summed E-state index contributed by atoms with van der Waals surface area (Å²) in [5.74, 6) is 1.72. The minimum atomic E-state index is -0.553. The number of aliphatic hydroxyl groups is 1. The Morgan fingerprint density at radius 1 is 1.13 bits per heavy atom. The molecular weight excluding hydrogens is 394 g/mol. The third-order valence-electron chi connectivity index (χ3n) is 5.64. The van der Waals surface area contributed by atoms with Crippen molar-refractivity contribution in [3.05, 3.63) is 53.3 Å². The Morgan fingerprint density at radius 3 is 2.77 bits per heavy atom. The van der Waals surface area contributed by atoms with Crippen LogP contribution in [0.5, 0.6) is 0 Å². The number of hydrogen-bond acceptors (Lipinski definition) is 7. The molecule has 3 aromatic heterocycles. The molecule has 30 heavy (non-hydrogen) atoms. The van der Waals surface area contributed by atoms with Crippen molar-refractivity contribution in [3.8, 4) is 10.6 Å². The van der Waals surface area contributed by atoms with Gasteiger partial charge in [-0.1, -0.05) is 25.3 Å². The van der Waals surface area contributed by atoms with Crippen LogP contribution < -0.4 is 10.2 Å². The number of pyridine rings is 2. The van der Waals surface area contributed by atoms with Gasteiger partial charge in [-0.15, -0.1) is 11.3 Å². The second-order valence-electron chi connectivity index (χ2n) is 8.14. The molecule has 1 aliphatic rings. The highest BCUT2D eigenvalue weighted by Crippen LogP contribution is 2.29. The molecule has 0 spiro atoms. The minimum Gasteiger partial charge on any atom is -0.389 e. The molecule has 1 fully saturated rings. The zero-order valence-corrected chi connectivity index (χ0v) is 18.5. The van der Waals surface area contributed by atoms with E-state index >= 15 is 0 Å². The number of aromatic nitrogens is 3. The predicted molar refractivity (Wildman–Crippen MR) is 122 cm³/mol. The second kappa shape index (κ2) is 9.20. The number of aryl methyl sites for hydroxylation is 1. The average molecular weight is 424 g/mol. The van der Waals surface area contributed by atoms with Gasteiger partial charge in [-0.2, -0.15) is 0 Å². The van der Waals surface area contributed by atoms with Crippen LogP contribution in [0.3, 0.4) is 0 Å². The standard InChI is InChI=1S/C23H29N5OS/c1-17-9-12-25-21(13-17)28(2)20-8-6-7-18(27-20)19-14-26-22(30-19)15-24-16-23(29)10-4-3-5-11-23/h6-9,12-14,24,29H,3-5,10-11,15-16H2,1-2H3. The highest BCUT2D eigenvalue weighted by Gasteiger charge is 2.28. The molecule has 2 N–H and O–H groups in total. The van der Waals surface area contributed by atoms with Gasteiger partial charge in [-0.25, -0.2) is 15.0 Å². The zero-order valence-electron chi connectivity index (χ0n) is 17.6. The molecule has 3 aromatic rings. The molecule has 0 radical (unpaired) electrons. The topological polar surface area (TPSA) is 74.2 Å². The van der Waals surface area contributed by atoms with E-state index in [-0.39, 0.29) is 0 Å². The molecule has 0 aromatic carbocycles. The van der Waals surface area contributed by atoms with E-state index in [0.717, 1.165) is 52.9 Å². The van der Waals surface area contributed by atoms with Crippen molar-refractivity contribution >= 4 is 23.0 Å². The molecule has 4 rings (SSSR count). The first-order valence-electron chi connectivity index (χ1n) is 10.5. The predicted octanol–water partition coefficient (Wildman–Crippen LogP) is 4.46. The van der Waals surface area contributed by atoms with Crippen molar-refractivity contribution in [2.24, 2.45) is 0 Å². The summed E-state index contributed by atoms with van der Waals surface area (Å²) in [6.07, 6.45) is 8.96. The largest absolute Gasteiger partial charge is 0.389 e. The molecule has 0 unspecified atom stereocenters. The fourth-order valence-corrected chi connectivity index (χ4v) is 4.72. The molecule has 3 heterocycles. The maximum atomic E-state index is 10.6. The van der Waals surface area contributed by atoms with Crippen molar-refractivity contribution in [3.63, 3.8) is 0 Å². The Kier molecular flexibility index (Phi) is 6.41. The van der Waals surface area contributed by atoms with Crippen LogP contribution in [-0.4, -0.2) is 39.3 Å². The fraction of sp³-hybridized carbons (Fsp3) is 0.435. The van der Waals surface area contributed by atoms with Crippen molar-refractivity contribution in [2.75, 3.05) is 18.5 Å². The van der Waals surface area contributed by atoms with Crippen LogP contribution in [0.25, 0.3) is 10.6 Å². The third kappa shape index (κ3) is 5.03. The van der Waals surface area contributed by atoms with Gasteiger partial charge in [0.1, 0.15) is 16.6 Å². The van der Waals surface area contributed by atoms with Crippen molar-refractivity contribution in [1.82, 2.24) is 20.3 Å². The monoisotopic (exact) mass is 423 g/mol. The maximum absolute atomic E-state index is 10.6. The summed E-state index contributed by atoms with van der Waals surface area (Å²) >= 11 is 1.64. The van der Waals surface area contributed by atoms with E-state index in [9.17, 15) is 5.11 Å². The van der Waals surface area contributed by atoms with E-state index in [1.165, 1.54) is 12.0 Å². The van der Waals surface area contributed by atoms with Crippen LogP contribution in [0.15, 0.2) is 42.7 Å². The van der Waals surface area contributed by atoms with Gasteiger partial charge in [-0.3, -0.25) is 0 Å².